The number of hydrogen-bond donors (Lipinski definition) is 1. The Morgan fingerprint density at radius 3 is 2.39 bits per heavy atom. The fraction of sp³-hybridized carbons (Fsp3) is 0.353. The van der Waals surface area contributed by atoms with Crippen LogP contribution in [0.2, 0.25) is 0 Å². The minimum absolute atomic E-state index is 0.126. The van der Waals surface area contributed by atoms with Crippen LogP contribution in [0, 0.1) is 0 Å². The fourth-order valence-electron chi connectivity index (χ4n) is 2.24. The summed E-state index contributed by atoms with van der Waals surface area (Å²) in [6, 6.07) is 9.09. The summed E-state index contributed by atoms with van der Waals surface area (Å²) in [4.78, 5) is 6.38. The van der Waals surface area contributed by atoms with Gasteiger partial charge in [0.15, 0.2) is 5.82 Å². The molecular weight excluding hydrogens is 356 g/mol. The molecule has 0 radical (unpaired) electrons. The van der Waals surface area contributed by atoms with Crippen LogP contribution in [0.1, 0.15) is 26.7 Å². The highest BCUT2D eigenvalue weighted by Gasteiger charge is 2.08. The van der Waals surface area contributed by atoms with Gasteiger partial charge in [-0.1, -0.05) is 13.8 Å². The third-order valence-corrected chi connectivity index (χ3v) is 3.75. The van der Waals surface area contributed by atoms with Crippen molar-refractivity contribution < 1.29 is 5.11 Å². The number of pyridine rings is 1. The number of benzene rings is 1. The molecule has 0 bridgehead atoms. The maximum atomic E-state index is 10.2. The summed E-state index contributed by atoms with van der Waals surface area (Å²) in [6.45, 7) is 6.24. The first-order valence-corrected chi connectivity index (χ1v) is 8.54. The first kappa shape index (κ1) is 17.4. The van der Waals surface area contributed by atoms with Crippen molar-refractivity contribution in [3.63, 3.8) is 0 Å². The smallest absolute Gasteiger partial charge is 0.174 e. The summed E-state index contributed by atoms with van der Waals surface area (Å²) in [5, 5.41) is 18.3. The topological polar surface area (TPSA) is 61.1 Å². The van der Waals surface area contributed by atoms with Gasteiger partial charge in [-0.3, -0.25) is 0 Å². The highest BCUT2D eigenvalue weighted by Crippen LogP contribution is 2.32. The second-order valence-electron chi connectivity index (χ2n) is 5.19. The lowest BCUT2D eigenvalue weighted by atomic mass is 10.2. The Morgan fingerprint density at radius 2 is 1.83 bits per heavy atom. The first-order valence-electron chi connectivity index (χ1n) is 7.75. The van der Waals surface area contributed by atoms with Crippen molar-refractivity contribution in [1.29, 1.82) is 0 Å². The number of aromatic nitrogens is 1. The molecule has 0 saturated heterocycles. The van der Waals surface area contributed by atoms with Crippen molar-refractivity contribution in [3.8, 4) is 5.75 Å². The molecule has 1 N–H and O–H groups in total. The van der Waals surface area contributed by atoms with Gasteiger partial charge in [0.1, 0.15) is 11.4 Å². The Balaban J connectivity index is 2.16. The van der Waals surface area contributed by atoms with Gasteiger partial charge in [-0.25, -0.2) is 4.98 Å². The van der Waals surface area contributed by atoms with Gasteiger partial charge in [0.2, 0.25) is 0 Å². The number of anilines is 1. The Labute approximate surface area is 145 Å². The van der Waals surface area contributed by atoms with Gasteiger partial charge < -0.3 is 10.0 Å². The lowest BCUT2D eigenvalue weighted by Crippen LogP contribution is -2.24. The standard InChI is InChI=1S/C17H21BrN4O/c1-3-9-22(10-4-2)14-6-7-15(16(23)11-14)20-21-17-8-5-13(18)12-19-17/h5-8,11-12,23H,3-4,9-10H2,1-2H3. The Hall–Kier alpha value is -1.95. The van der Waals surface area contributed by atoms with E-state index < -0.39 is 0 Å². The fourth-order valence-corrected chi connectivity index (χ4v) is 2.47. The van der Waals surface area contributed by atoms with Crippen LogP contribution in [0.5, 0.6) is 5.75 Å². The van der Waals surface area contributed by atoms with Crippen molar-refractivity contribution in [2.24, 2.45) is 10.2 Å². The van der Waals surface area contributed by atoms with Crippen LogP contribution >= 0.6 is 15.9 Å². The van der Waals surface area contributed by atoms with Crippen LogP contribution in [0.4, 0.5) is 17.2 Å². The molecule has 0 amide bonds. The second-order valence-corrected chi connectivity index (χ2v) is 6.11. The Morgan fingerprint density at radius 1 is 1.09 bits per heavy atom. The van der Waals surface area contributed by atoms with Crippen molar-refractivity contribution in [2.45, 2.75) is 26.7 Å². The quantitative estimate of drug-likeness (QED) is 0.640. The molecule has 1 aromatic carbocycles. The van der Waals surface area contributed by atoms with Crippen molar-refractivity contribution >= 4 is 33.1 Å². The molecule has 0 atom stereocenters. The molecule has 2 aromatic rings. The molecule has 2 rings (SSSR count). The molecule has 6 heteroatoms. The van der Waals surface area contributed by atoms with Crippen LogP contribution in [-0.4, -0.2) is 23.2 Å². The van der Waals surface area contributed by atoms with E-state index in [1.807, 2.05) is 12.1 Å². The molecule has 0 saturated carbocycles. The number of hydrogen-bond acceptors (Lipinski definition) is 5. The molecule has 0 unspecified atom stereocenters. The molecule has 1 heterocycles. The number of rotatable bonds is 7. The minimum atomic E-state index is 0.126. The Bertz CT molecular complexity index is 652. The summed E-state index contributed by atoms with van der Waals surface area (Å²) in [5.74, 6) is 0.621. The molecule has 0 fully saturated rings. The third-order valence-electron chi connectivity index (χ3n) is 3.28. The second kappa shape index (κ2) is 8.62. The maximum absolute atomic E-state index is 10.2. The molecule has 0 aliphatic rings. The van der Waals surface area contributed by atoms with Crippen molar-refractivity contribution in [3.05, 3.63) is 41.0 Å². The van der Waals surface area contributed by atoms with Gasteiger partial charge in [0.25, 0.3) is 0 Å². The number of phenols is 1. The van der Waals surface area contributed by atoms with Crippen LogP contribution in [0.3, 0.4) is 0 Å². The summed E-state index contributed by atoms with van der Waals surface area (Å²) in [5.41, 5.74) is 1.44. The van der Waals surface area contributed by atoms with Gasteiger partial charge in [0.05, 0.1) is 0 Å². The van der Waals surface area contributed by atoms with E-state index in [9.17, 15) is 5.11 Å². The predicted molar refractivity (Wildman–Crippen MR) is 97.0 cm³/mol. The molecule has 122 valence electrons. The number of halogens is 1. The summed E-state index contributed by atoms with van der Waals surface area (Å²) >= 11 is 3.32. The monoisotopic (exact) mass is 376 g/mol. The van der Waals surface area contributed by atoms with E-state index in [1.165, 1.54) is 0 Å². The van der Waals surface area contributed by atoms with E-state index in [4.69, 9.17) is 0 Å². The minimum Gasteiger partial charge on any atom is -0.506 e. The van der Waals surface area contributed by atoms with Crippen LogP contribution in [0.25, 0.3) is 0 Å². The molecule has 0 aliphatic heterocycles. The van der Waals surface area contributed by atoms with Gasteiger partial charge in [0, 0.05) is 35.5 Å². The van der Waals surface area contributed by atoms with Crippen LogP contribution in [0.15, 0.2) is 51.2 Å². The van der Waals surface area contributed by atoms with Gasteiger partial charge in [-0.15, -0.1) is 10.2 Å². The Kier molecular flexibility index (Phi) is 6.52. The molecule has 23 heavy (non-hydrogen) atoms. The van der Waals surface area contributed by atoms with E-state index in [0.29, 0.717) is 11.5 Å². The van der Waals surface area contributed by atoms with E-state index in [2.05, 4.69) is 49.9 Å². The molecule has 0 aliphatic carbocycles. The highest BCUT2D eigenvalue weighted by molar-refractivity contribution is 9.10. The zero-order chi connectivity index (χ0) is 16.7. The number of aromatic hydroxyl groups is 1. The lowest BCUT2D eigenvalue weighted by Gasteiger charge is -2.24. The number of phenolic OH excluding ortho intramolecular Hbond substituents is 1. The predicted octanol–water partition coefficient (Wildman–Crippen LogP) is 5.59. The first-order chi connectivity index (χ1) is 11.1. The average Bonchev–Trinajstić information content (AvgIpc) is 2.55. The molecule has 0 spiro atoms. The maximum Gasteiger partial charge on any atom is 0.174 e. The van der Waals surface area contributed by atoms with E-state index >= 15 is 0 Å². The molecule has 1 aromatic heterocycles. The van der Waals surface area contributed by atoms with Crippen LogP contribution in [-0.2, 0) is 0 Å². The number of nitrogens with zero attached hydrogens (tertiary/aromatic N) is 4. The summed E-state index contributed by atoms with van der Waals surface area (Å²) in [6.07, 6.45) is 3.79. The van der Waals surface area contributed by atoms with Crippen molar-refractivity contribution in [1.82, 2.24) is 4.98 Å². The third kappa shape index (κ3) is 5.03. The van der Waals surface area contributed by atoms with Gasteiger partial charge in [-0.05, 0) is 53.0 Å². The SMILES string of the molecule is CCCN(CCC)c1ccc(N=Nc2ccc(Br)cn2)c(O)c1. The summed E-state index contributed by atoms with van der Waals surface area (Å²) < 4.78 is 0.885. The van der Waals surface area contributed by atoms with Gasteiger partial charge >= 0.3 is 0 Å². The summed E-state index contributed by atoms with van der Waals surface area (Å²) in [7, 11) is 0. The molecule has 5 nitrogen and oxygen atoms in total. The highest BCUT2D eigenvalue weighted by atomic mass is 79.9. The zero-order valence-corrected chi connectivity index (χ0v) is 15.0. The molecular formula is C17H21BrN4O. The number of azo groups is 1. The largest absolute Gasteiger partial charge is 0.506 e. The van der Waals surface area contributed by atoms with Crippen molar-refractivity contribution in [2.75, 3.05) is 18.0 Å². The van der Waals surface area contributed by atoms with E-state index in [-0.39, 0.29) is 5.75 Å². The van der Waals surface area contributed by atoms with Gasteiger partial charge in [-0.2, -0.15) is 0 Å². The van der Waals surface area contributed by atoms with E-state index in [1.54, 1.807) is 24.4 Å². The normalized spacial score (nSPS) is 11.1. The average molecular weight is 377 g/mol. The lowest BCUT2D eigenvalue weighted by molar-refractivity contribution is 0.476. The zero-order valence-electron chi connectivity index (χ0n) is 13.4. The van der Waals surface area contributed by atoms with Crippen LogP contribution < -0.4 is 4.90 Å². The van der Waals surface area contributed by atoms with E-state index in [0.717, 1.165) is 36.1 Å².